The third kappa shape index (κ3) is 5.11. The maximum Gasteiger partial charge on any atom is 0.279 e. The Morgan fingerprint density at radius 3 is 2.92 bits per heavy atom. The summed E-state index contributed by atoms with van der Waals surface area (Å²) < 4.78 is 39.9. The number of alkyl halides is 3. The molecular weight excluding hydrogens is 329 g/mol. The number of allylic oxidation sites excluding steroid dienone is 2. The highest BCUT2D eigenvalue weighted by Gasteiger charge is 2.35. The highest BCUT2D eigenvalue weighted by molar-refractivity contribution is 6.05. The van der Waals surface area contributed by atoms with E-state index in [1.54, 1.807) is 6.20 Å². The minimum absolute atomic E-state index is 0.318. The van der Waals surface area contributed by atoms with Gasteiger partial charge in [0.25, 0.3) is 5.92 Å². The number of piperazine rings is 1. The lowest BCUT2D eigenvalue weighted by Gasteiger charge is -2.35. The number of nitrogens with one attached hydrogen (secondary N) is 2. The third-order valence-corrected chi connectivity index (χ3v) is 4.33. The summed E-state index contributed by atoms with van der Waals surface area (Å²) >= 11 is 0. The van der Waals surface area contributed by atoms with Crippen LogP contribution in [0.2, 0.25) is 0 Å². The Kier molecular flexibility index (Phi) is 6.70. The number of nitrogens with zero attached hydrogens (tertiary/aromatic N) is 2. The number of hydrogen-bond donors (Lipinski definition) is 2. The second-order valence-corrected chi connectivity index (χ2v) is 6.51. The van der Waals surface area contributed by atoms with Gasteiger partial charge in [0.05, 0.1) is 0 Å². The van der Waals surface area contributed by atoms with Gasteiger partial charge in [0.15, 0.2) is 6.67 Å². The molecule has 0 bridgehead atoms. The molecule has 0 aromatic heterocycles. The third-order valence-electron chi connectivity index (χ3n) is 4.33. The van der Waals surface area contributed by atoms with Crippen molar-refractivity contribution in [1.82, 2.24) is 15.5 Å². The molecule has 1 atom stereocenters. The van der Waals surface area contributed by atoms with E-state index in [2.05, 4.69) is 27.4 Å². The van der Waals surface area contributed by atoms with Crippen LogP contribution in [0.3, 0.4) is 0 Å². The zero-order valence-electron chi connectivity index (χ0n) is 15.1. The molecular formula is C18H27F3N4. The zero-order chi connectivity index (χ0) is 18.4. The quantitative estimate of drug-likeness (QED) is 0.767. The van der Waals surface area contributed by atoms with Crippen molar-refractivity contribution in [3.8, 4) is 0 Å². The molecule has 2 N–H and O–H groups in total. The first-order valence-electron chi connectivity index (χ1n) is 8.70. The van der Waals surface area contributed by atoms with Gasteiger partial charge in [0.1, 0.15) is 5.84 Å². The Morgan fingerprint density at radius 1 is 1.52 bits per heavy atom. The SMILES string of the molecule is CC/C=C/NC1=NC=C(CC(F)(F)CF)/C1=C(/C)N1CCNC(C)C1. The lowest BCUT2D eigenvalue weighted by Crippen LogP contribution is -2.48. The molecule has 25 heavy (non-hydrogen) atoms. The van der Waals surface area contributed by atoms with E-state index in [0.29, 0.717) is 23.0 Å². The van der Waals surface area contributed by atoms with Crippen LogP contribution in [0, 0.1) is 0 Å². The van der Waals surface area contributed by atoms with Crippen molar-refractivity contribution in [2.45, 2.75) is 45.6 Å². The maximum absolute atomic E-state index is 13.6. The fraction of sp³-hybridized carbons (Fsp3) is 0.611. The summed E-state index contributed by atoms with van der Waals surface area (Å²) in [5.74, 6) is -2.84. The van der Waals surface area contributed by atoms with Gasteiger partial charge in [-0.3, -0.25) is 0 Å². The minimum Gasteiger partial charge on any atom is -0.372 e. The maximum atomic E-state index is 13.6. The standard InChI is InChI=1S/C18H27F3N4/c1-4-5-6-23-17-16(14(3)25-8-7-22-13(2)11-25)15(10-24-17)9-18(20,21)12-19/h5-6,10,13,22H,4,7-9,11-12H2,1-3H3,(H,23,24)/b6-5+,16-14+. The highest BCUT2D eigenvalue weighted by atomic mass is 19.3. The van der Waals surface area contributed by atoms with Crippen LogP contribution in [0.25, 0.3) is 0 Å². The minimum atomic E-state index is -3.38. The number of amidine groups is 1. The number of rotatable bonds is 6. The molecule has 2 aliphatic heterocycles. The summed E-state index contributed by atoms with van der Waals surface area (Å²) in [6, 6.07) is 0.318. The van der Waals surface area contributed by atoms with Crippen LogP contribution in [-0.4, -0.2) is 49.0 Å². The van der Waals surface area contributed by atoms with E-state index < -0.39 is 19.0 Å². The number of aliphatic imine (C=N–C) groups is 1. The highest BCUT2D eigenvalue weighted by Crippen LogP contribution is 2.33. The van der Waals surface area contributed by atoms with Crippen LogP contribution in [0.15, 0.2) is 40.3 Å². The molecule has 0 aromatic carbocycles. The van der Waals surface area contributed by atoms with Gasteiger partial charge in [-0.05, 0) is 32.0 Å². The zero-order valence-corrected chi connectivity index (χ0v) is 15.1. The molecule has 4 nitrogen and oxygen atoms in total. The first kappa shape index (κ1) is 19.6. The number of halogens is 3. The van der Waals surface area contributed by atoms with Crippen LogP contribution in [0.5, 0.6) is 0 Å². The molecule has 0 aromatic rings. The van der Waals surface area contributed by atoms with Crippen molar-refractivity contribution in [2.24, 2.45) is 4.99 Å². The summed E-state index contributed by atoms with van der Waals surface area (Å²) in [6.07, 6.45) is 5.32. The van der Waals surface area contributed by atoms with E-state index in [4.69, 9.17) is 0 Å². The van der Waals surface area contributed by atoms with Crippen molar-refractivity contribution in [1.29, 1.82) is 0 Å². The first-order chi connectivity index (χ1) is 11.9. The largest absolute Gasteiger partial charge is 0.372 e. The molecule has 0 spiro atoms. The van der Waals surface area contributed by atoms with Crippen LogP contribution in [0.1, 0.15) is 33.6 Å². The normalized spacial score (nSPS) is 23.8. The Labute approximate surface area is 147 Å². The summed E-state index contributed by atoms with van der Waals surface area (Å²) in [6.45, 7) is 6.76. The van der Waals surface area contributed by atoms with Crippen molar-refractivity contribution < 1.29 is 13.2 Å². The fourth-order valence-corrected chi connectivity index (χ4v) is 3.05. The second-order valence-electron chi connectivity index (χ2n) is 6.51. The van der Waals surface area contributed by atoms with Gasteiger partial charge in [0.2, 0.25) is 0 Å². The van der Waals surface area contributed by atoms with E-state index in [-0.39, 0.29) is 0 Å². The van der Waals surface area contributed by atoms with E-state index in [1.807, 2.05) is 19.9 Å². The smallest absolute Gasteiger partial charge is 0.279 e. The molecule has 0 radical (unpaired) electrons. The van der Waals surface area contributed by atoms with Crippen molar-refractivity contribution in [2.75, 3.05) is 26.3 Å². The Bertz CT molecular complexity index is 593. The van der Waals surface area contributed by atoms with E-state index >= 15 is 0 Å². The molecule has 2 aliphatic rings. The monoisotopic (exact) mass is 356 g/mol. The Balaban J connectivity index is 2.29. The topological polar surface area (TPSA) is 39.7 Å². The molecule has 1 saturated heterocycles. The molecule has 0 amide bonds. The summed E-state index contributed by atoms with van der Waals surface area (Å²) in [5.41, 5.74) is 1.92. The molecule has 0 aliphatic carbocycles. The van der Waals surface area contributed by atoms with E-state index in [0.717, 1.165) is 31.8 Å². The van der Waals surface area contributed by atoms with Gasteiger partial charge < -0.3 is 15.5 Å². The van der Waals surface area contributed by atoms with Gasteiger partial charge in [-0.1, -0.05) is 13.0 Å². The molecule has 2 rings (SSSR count). The average molecular weight is 356 g/mol. The van der Waals surface area contributed by atoms with Gasteiger partial charge >= 0.3 is 0 Å². The lowest BCUT2D eigenvalue weighted by atomic mass is 9.98. The van der Waals surface area contributed by atoms with Crippen LogP contribution >= 0.6 is 0 Å². The predicted molar refractivity (Wildman–Crippen MR) is 95.4 cm³/mol. The molecule has 1 unspecified atom stereocenters. The van der Waals surface area contributed by atoms with Gasteiger partial charge in [-0.15, -0.1) is 0 Å². The van der Waals surface area contributed by atoms with Gasteiger partial charge in [0, 0.05) is 49.6 Å². The second kappa shape index (κ2) is 8.56. The van der Waals surface area contributed by atoms with E-state index in [9.17, 15) is 13.2 Å². The summed E-state index contributed by atoms with van der Waals surface area (Å²) in [7, 11) is 0. The first-order valence-corrected chi connectivity index (χ1v) is 8.70. The van der Waals surface area contributed by atoms with Crippen LogP contribution in [-0.2, 0) is 0 Å². The molecule has 0 saturated carbocycles. The molecule has 2 heterocycles. The molecule has 140 valence electrons. The lowest BCUT2D eigenvalue weighted by molar-refractivity contribution is -0.0210. The predicted octanol–water partition coefficient (Wildman–Crippen LogP) is 3.36. The fourth-order valence-electron chi connectivity index (χ4n) is 3.05. The molecule has 1 fully saturated rings. The van der Waals surface area contributed by atoms with Crippen LogP contribution < -0.4 is 10.6 Å². The number of hydrogen-bond acceptors (Lipinski definition) is 4. The molecule has 7 heteroatoms. The van der Waals surface area contributed by atoms with Crippen molar-refractivity contribution in [3.63, 3.8) is 0 Å². The van der Waals surface area contributed by atoms with Crippen molar-refractivity contribution in [3.05, 3.63) is 35.3 Å². The summed E-state index contributed by atoms with van der Waals surface area (Å²) in [5, 5.41) is 6.44. The van der Waals surface area contributed by atoms with Crippen molar-refractivity contribution >= 4 is 5.84 Å². The average Bonchev–Trinajstić information content (AvgIpc) is 2.96. The van der Waals surface area contributed by atoms with Gasteiger partial charge in [-0.25, -0.2) is 18.2 Å². The Morgan fingerprint density at radius 2 is 2.28 bits per heavy atom. The Hall–Kier alpha value is -1.76. The van der Waals surface area contributed by atoms with E-state index in [1.165, 1.54) is 6.20 Å². The summed E-state index contributed by atoms with van der Waals surface area (Å²) in [4.78, 5) is 6.43. The van der Waals surface area contributed by atoms with Crippen LogP contribution in [0.4, 0.5) is 13.2 Å². The van der Waals surface area contributed by atoms with Gasteiger partial charge in [-0.2, -0.15) is 0 Å².